The predicted molar refractivity (Wildman–Crippen MR) is 105 cm³/mol. The number of carbonyl (C=O) groups is 1. The first kappa shape index (κ1) is 17.2. The molecule has 4 rings (SSSR count). The Balaban J connectivity index is 1.32. The minimum Gasteiger partial charge on any atom is -0.327 e. The third-order valence-corrected chi connectivity index (χ3v) is 6.83. The van der Waals surface area contributed by atoms with E-state index < -0.39 is 0 Å². The summed E-state index contributed by atoms with van der Waals surface area (Å²) in [6.45, 7) is 2.41. The van der Waals surface area contributed by atoms with E-state index in [-0.39, 0.29) is 5.91 Å². The van der Waals surface area contributed by atoms with E-state index >= 15 is 0 Å². The highest BCUT2D eigenvalue weighted by Crippen LogP contribution is 2.31. The number of aromatic nitrogens is 1. The molecule has 0 atom stereocenters. The number of nitrogens with zero attached hydrogens (tertiary/aromatic N) is 2. The molecule has 1 aromatic carbocycles. The number of likely N-dealkylation sites (tertiary alicyclic amines) is 1. The van der Waals surface area contributed by atoms with Crippen LogP contribution in [0.25, 0.3) is 10.2 Å². The SMILES string of the molecule is N#Cc1ccsc1NC(=O)C[NH+]1CCC(c2nc3ccccc3s2)CC1. The van der Waals surface area contributed by atoms with E-state index in [4.69, 9.17) is 10.2 Å². The molecule has 3 aromatic rings. The average Bonchev–Trinajstić information content (AvgIpc) is 3.28. The molecular weight excluding hydrogens is 364 g/mol. The van der Waals surface area contributed by atoms with E-state index in [1.807, 2.05) is 11.4 Å². The molecule has 1 aliphatic rings. The summed E-state index contributed by atoms with van der Waals surface area (Å²) in [5, 5.41) is 15.6. The number of thiophene rings is 1. The third kappa shape index (κ3) is 3.63. The maximum atomic E-state index is 12.3. The van der Waals surface area contributed by atoms with Crippen LogP contribution in [0, 0.1) is 11.3 Å². The molecule has 7 heteroatoms. The number of rotatable bonds is 4. The summed E-state index contributed by atoms with van der Waals surface area (Å²) in [5.74, 6) is 0.485. The molecule has 0 bridgehead atoms. The van der Waals surface area contributed by atoms with Gasteiger partial charge in [0.2, 0.25) is 0 Å². The van der Waals surface area contributed by atoms with Gasteiger partial charge in [-0.1, -0.05) is 12.1 Å². The highest BCUT2D eigenvalue weighted by Gasteiger charge is 2.27. The smallest absolute Gasteiger partial charge is 0.280 e. The molecule has 26 heavy (non-hydrogen) atoms. The molecule has 5 nitrogen and oxygen atoms in total. The van der Waals surface area contributed by atoms with Crippen molar-refractivity contribution in [3.05, 3.63) is 46.3 Å². The maximum Gasteiger partial charge on any atom is 0.280 e. The van der Waals surface area contributed by atoms with E-state index in [0.717, 1.165) is 31.4 Å². The zero-order chi connectivity index (χ0) is 17.9. The normalized spacial score (nSPS) is 20.0. The summed E-state index contributed by atoms with van der Waals surface area (Å²) in [7, 11) is 0. The van der Waals surface area contributed by atoms with Crippen LogP contribution in [0.3, 0.4) is 0 Å². The summed E-state index contributed by atoms with van der Waals surface area (Å²) in [5.41, 5.74) is 1.62. The van der Waals surface area contributed by atoms with Gasteiger partial charge in [-0.2, -0.15) is 5.26 Å². The van der Waals surface area contributed by atoms with Crippen LogP contribution in [0.4, 0.5) is 5.00 Å². The van der Waals surface area contributed by atoms with Gasteiger partial charge < -0.3 is 10.2 Å². The molecule has 2 N–H and O–H groups in total. The van der Waals surface area contributed by atoms with Gasteiger partial charge in [-0.05, 0) is 23.6 Å². The second-order valence-electron chi connectivity index (χ2n) is 6.54. The second kappa shape index (κ2) is 7.54. The van der Waals surface area contributed by atoms with E-state index in [0.29, 0.717) is 23.0 Å². The van der Waals surface area contributed by atoms with Crippen LogP contribution in [-0.2, 0) is 4.79 Å². The lowest BCUT2D eigenvalue weighted by Gasteiger charge is -2.27. The summed E-state index contributed by atoms with van der Waals surface area (Å²) in [6.07, 6.45) is 2.12. The fraction of sp³-hybridized carbons (Fsp3) is 0.316. The molecule has 1 fully saturated rings. The van der Waals surface area contributed by atoms with Crippen molar-refractivity contribution >= 4 is 43.8 Å². The lowest BCUT2D eigenvalue weighted by atomic mass is 9.97. The number of piperidine rings is 1. The van der Waals surface area contributed by atoms with Crippen molar-refractivity contribution in [1.82, 2.24) is 4.98 Å². The van der Waals surface area contributed by atoms with E-state index in [9.17, 15) is 4.79 Å². The molecule has 0 aliphatic carbocycles. The van der Waals surface area contributed by atoms with E-state index in [1.54, 1.807) is 17.4 Å². The van der Waals surface area contributed by atoms with Gasteiger partial charge in [-0.15, -0.1) is 22.7 Å². The average molecular weight is 384 g/mol. The molecule has 1 aliphatic heterocycles. The van der Waals surface area contributed by atoms with Gasteiger partial charge in [0.25, 0.3) is 5.91 Å². The van der Waals surface area contributed by atoms with Crippen LogP contribution in [0.2, 0.25) is 0 Å². The first-order valence-electron chi connectivity index (χ1n) is 8.69. The van der Waals surface area contributed by atoms with Crippen molar-refractivity contribution < 1.29 is 9.69 Å². The number of anilines is 1. The standard InChI is InChI=1S/C19H18N4OS2/c20-11-14-7-10-25-18(14)22-17(24)12-23-8-5-13(6-9-23)19-21-15-3-1-2-4-16(15)26-19/h1-4,7,10,13H,5-6,8-9,12H2,(H,22,24)/p+1. The van der Waals surface area contributed by atoms with Crippen molar-refractivity contribution in [2.75, 3.05) is 25.0 Å². The first-order chi connectivity index (χ1) is 12.7. The van der Waals surface area contributed by atoms with Crippen molar-refractivity contribution in [2.45, 2.75) is 18.8 Å². The minimum absolute atomic E-state index is 0.0163. The van der Waals surface area contributed by atoms with Gasteiger partial charge in [0.1, 0.15) is 11.1 Å². The molecule has 132 valence electrons. The zero-order valence-electron chi connectivity index (χ0n) is 14.2. The number of hydrogen-bond acceptors (Lipinski definition) is 5. The van der Waals surface area contributed by atoms with Crippen LogP contribution in [0.1, 0.15) is 29.3 Å². The van der Waals surface area contributed by atoms with E-state index in [2.05, 4.69) is 29.6 Å². The number of thiazole rings is 1. The Morgan fingerprint density at radius 2 is 2.12 bits per heavy atom. The molecule has 1 amide bonds. The zero-order valence-corrected chi connectivity index (χ0v) is 15.8. The number of carbonyl (C=O) groups excluding carboxylic acids is 1. The Morgan fingerprint density at radius 1 is 1.31 bits per heavy atom. The van der Waals surface area contributed by atoms with Gasteiger partial charge in [0.15, 0.2) is 6.54 Å². The summed E-state index contributed by atoms with van der Waals surface area (Å²) in [6, 6.07) is 12.1. The number of fused-ring (bicyclic) bond motifs is 1. The number of para-hydroxylation sites is 1. The van der Waals surface area contributed by atoms with Crippen molar-refractivity contribution in [2.24, 2.45) is 0 Å². The summed E-state index contributed by atoms with van der Waals surface area (Å²) < 4.78 is 1.25. The van der Waals surface area contributed by atoms with Crippen LogP contribution < -0.4 is 10.2 Å². The fourth-order valence-electron chi connectivity index (χ4n) is 3.41. The number of benzene rings is 1. The molecule has 1 saturated heterocycles. The fourth-order valence-corrected chi connectivity index (χ4v) is 5.30. The minimum atomic E-state index is -0.0163. The quantitative estimate of drug-likeness (QED) is 0.728. The molecule has 0 spiro atoms. The first-order valence-corrected chi connectivity index (χ1v) is 10.4. The third-order valence-electron chi connectivity index (χ3n) is 4.80. The molecule has 0 unspecified atom stereocenters. The van der Waals surface area contributed by atoms with Gasteiger partial charge in [-0.25, -0.2) is 4.98 Å². The van der Waals surface area contributed by atoms with Gasteiger partial charge in [0, 0.05) is 18.8 Å². The highest BCUT2D eigenvalue weighted by molar-refractivity contribution is 7.18. The maximum absolute atomic E-state index is 12.3. The Labute approximate surface area is 159 Å². The monoisotopic (exact) mass is 383 g/mol. The Hall–Kier alpha value is -2.27. The highest BCUT2D eigenvalue weighted by atomic mass is 32.1. The van der Waals surface area contributed by atoms with Crippen LogP contribution in [-0.4, -0.2) is 30.5 Å². The lowest BCUT2D eigenvalue weighted by Crippen LogP contribution is -3.14. The molecule has 3 heterocycles. The Bertz CT molecular complexity index is 930. The number of nitrogens with one attached hydrogen (secondary N) is 2. The Kier molecular flexibility index (Phi) is 4.98. The number of quaternary nitrogens is 1. The van der Waals surface area contributed by atoms with Gasteiger partial charge >= 0.3 is 0 Å². The summed E-state index contributed by atoms with van der Waals surface area (Å²) >= 11 is 3.19. The largest absolute Gasteiger partial charge is 0.327 e. The van der Waals surface area contributed by atoms with Crippen LogP contribution in [0.15, 0.2) is 35.7 Å². The van der Waals surface area contributed by atoms with Crippen molar-refractivity contribution in [3.63, 3.8) is 0 Å². The topological polar surface area (TPSA) is 70.2 Å². The molecule has 0 radical (unpaired) electrons. The van der Waals surface area contributed by atoms with Crippen LogP contribution >= 0.6 is 22.7 Å². The summed E-state index contributed by atoms with van der Waals surface area (Å²) in [4.78, 5) is 18.4. The Morgan fingerprint density at radius 3 is 2.88 bits per heavy atom. The van der Waals surface area contributed by atoms with Gasteiger partial charge in [-0.3, -0.25) is 4.79 Å². The number of amides is 1. The lowest BCUT2D eigenvalue weighted by molar-refractivity contribution is -0.897. The number of hydrogen-bond donors (Lipinski definition) is 2. The van der Waals surface area contributed by atoms with Crippen LogP contribution in [0.5, 0.6) is 0 Å². The number of nitriles is 1. The van der Waals surface area contributed by atoms with Crippen molar-refractivity contribution in [3.8, 4) is 6.07 Å². The van der Waals surface area contributed by atoms with E-state index in [1.165, 1.54) is 25.9 Å². The predicted octanol–water partition coefficient (Wildman–Crippen LogP) is 2.63. The molecule has 2 aromatic heterocycles. The second-order valence-corrected chi connectivity index (χ2v) is 8.52. The molecular formula is C19H19N4OS2+. The van der Waals surface area contributed by atoms with Crippen molar-refractivity contribution in [1.29, 1.82) is 5.26 Å². The van der Waals surface area contributed by atoms with Gasteiger partial charge in [0.05, 0.1) is 33.9 Å². The molecule has 0 saturated carbocycles.